The highest BCUT2D eigenvalue weighted by molar-refractivity contribution is 8.00. The van der Waals surface area contributed by atoms with Gasteiger partial charge in [0.1, 0.15) is 5.25 Å². The summed E-state index contributed by atoms with van der Waals surface area (Å²) < 4.78 is 1.68. The molecule has 0 aliphatic heterocycles. The van der Waals surface area contributed by atoms with Crippen LogP contribution in [0.15, 0.2) is 70.7 Å². The van der Waals surface area contributed by atoms with Crippen molar-refractivity contribution in [3.63, 3.8) is 0 Å². The molecule has 0 bridgehead atoms. The summed E-state index contributed by atoms with van der Waals surface area (Å²) in [4.78, 5) is 28.9. The number of fused-ring (bicyclic) bond motifs is 1. The average molecular weight is 390 g/mol. The number of thioether (sulfide) groups is 1. The lowest BCUT2D eigenvalue weighted by molar-refractivity contribution is 0.0991. The number of hydrogen-bond donors (Lipinski definition) is 2. The van der Waals surface area contributed by atoms with Gasteiger partial charge in [0.25, 0.3) is 0 Å². The maximum atomic E-state index is 13.6. The highest BCUT2D eigenvalue weighted by Gasteiger charge is 2.32. The van der Waals surface area contributed by atoms with Crippen molar-refractivity contribution < 1.29 is 4.79 Å². The lowest BCUT2D eigenvalue weighted by Gasteiger charge is -2.15. The van der Waals surface area contributed by atoms with E-state index in [2.05, 4.69) is 15.2 Å². The highest BCUT2D eigenvalue weighted by atomic mass is 32.2. The summed E-state index contributed by atoms with van der Waals surface area (Å²) in [7, 11) is 0. The Balaban J connectivity index is 1.57. The molecular formula is C21H18N4O2S. The van der Waals surface area contributed by atoms with Gasteiger partial charge in [-0.1, -0.05) is 60.3 Å². The molecule has 7 heteroatoms. The molecule has 5 rings (SSSR count). The van der Waals surface area contributed by atoms with Gasteiger partial charge in [-0.25, -0.2) is 9.89 Å². The van der Waals surface area contributed by atoms with Crippen LogP contribution in [0.25, 0.3) is 10.9 Å². The van der Waals surface area contributed by atoms with E-state index in [1.807, 2.05) is 54.6 Å². The first-order chi connectivity index (χ1) is 13.7. The predicted molar refractivity (Wildman–Crippen MR) is 109 cm³/mol. The number of hydrogen-bond acceptors (Lipinski definition) is 4. The third kappa shape index (κ3) is 2.97. The van der Waals surface area contributed by atoms with Crippen molar-refractivity contribution in [2.45, 2.75) is 29.3 Å². The Hall–Kier alpha value is -3.06. The van der Waals surface area contributed by atoms with Gasteiger partial charge < -0.3 is 4.98 Å². The maximum Gasteiger partial charge on any atom is 0.344 e. The topological polar surface area (TPSA) is 83.5 Å². The molecule has 2 aromatic heterocycles. The largest absolute Gasteiger partial charge is 0.360 e. The van der Waals surface area contributed by atoms with E-state index < -0.39 is 5.25 Å². The number of aromatic nitrogens is 4. The Kier molecular flexibility index (Phi) is 4.16. The number of nitrogens with one attached hydrogen (secondary N) is 2. The lowest BCUT2D eigenvalue weighted by Crippen LogP contribution is -2.17. The van der Waals surface area contributed by atoms with Crippen molar-refractivity contribution in [3.05, 3.63) is 82.4 Å². The zero-order valence-electron chi connectivity index (χ0n) is 15.0. The van der Waals surface area contributed by atoms with Crippen molar-refractivity contribution in [1.82, 2.24) is 19.7 Å². The Bertz CT molecular complexity index is 1200. The summed E-state index contributed by atoms with van der Waals surface area (Å²) in [5, 5.41) is 7.71. The molecule has 6 nitrogen and oxygen atoms in total. The van der Waals surface area contributed by atoms with Crippen LogP contribution in [-0.2, 0) is 0 Å². The molecule has 2 aromatic carbocycles. The fourth-order valence-electron chi connectivity index (χ4n) is 3.45. The molecule has 2 heterocycles. The number of benzene rings is 2. The van der Waals surface area contributed by atoms with Gasteiger partial charge in [0.2, 0.25) is 0 Å². The van der Waals surface area contributed by atoms with E-state index in [9.17, 15) is 9.59 Å². The first kappa shape index (κ1) is 17.1. The average Bonchev–Trinajstić information content (AvgIpc) is 3.36. The van der Waals surface area contributed by atoms with E-state index in [1.54, 1.807) is 10.8 Å². The number of para-hydroxylation sites is 1. The van der Waals surface area contributed by atoms with Crippen LogP contribution in [0.5, 0.6) is 0 Å². The van der Waals surface area contributed by atoms with E-state index in [0.29, 0.717) is 10.7 Å². The van der Waals surface area contributed by atoms with E-state index >= 15 is 0 Å². The fourth-order valence-corrected chi connectivity index (χ4v) is 4.63. The molecule has 1 saturated carbocycles. The van der Waals surface area contributed by atoms with Crippen LogP contribution in [0, 0.1) is 0 Å². The number of aromatic amines is 2. The van der Waals surface area contributed by atoms with Gasteiger partial charge in [0, 0.05) is 28.7 Å². The zero-order chi connectivity index (χ0) is 19.1. The van der Waals surface area contributed by atoms with Crippen LogP contribution in [0.3, 0.4) is 0 Å². The van der Waals surface area contributed by atoms with Gasteiger partial charge in [-0.2, -0.15) is 0 Å². The van der Waals surface area contributed by atoms with Gasteiger partial charge in [0.15, 0.2) is 10.9 Å². The molecular weight excluding hydrogens is 372 g/mol. The van der Waals surface area contributed by atoms with Gasteiger partial charge in [-0.15, -0.1) is 5.10 Å². The highest BCUT2D eigenvalue weighted by Crippen LogP contribution is 2.41. The Morgan fingerprint density at radius 1 is 1.11 bits per heavy atom. The van der Waals surface area contributed by atoms with E-state index in [4.69, 9.17) is 0 Å². The molecule has 2 N–H and O–H groups in total. The van der Waals surface area contributed by atoms with Crippen molar-refractivity contribution in [2.75, 3.05) is 0 Å². The van der Waals surface area contributed by atoms with Crippen molar-refractivity contribution in [1.29, 1.82) is 0 Å². The molecule has 28 heavy (non-hydrogen) atoms. The number of ketones is 1. The third-order valence-electron chi connectivity index (χ3n) is 5.00. The maximum absolute atomic E-state index is 13.6. The summed E-state index contributed by atoms with van der Waals surface area (Å²) in [5.74, 6) is -0.00792. The lowest BCUT2D eigenvalue weighted by atomic mass is 10.0. The molecule has 1 aliphatic carbocycles. The minimum absolute atomic E-state index is 0.00792. The molecule has 0 amide bonds. The van der Waals surface area contributed by atoms with Crippen LogP contribution in [0.1, 0.15) is 40.1 Å². The van der Waals surface area contributed by atoms with Crippen LogP contribution in [-0.4, -0.2) is 25.5 Å². The summed E-state index contributed by atoms with van der Waals surface area (Å²) in [5.41, 5.74) is 2.25. The summed E-state index contributed by atoms with van der Waals surface area (Å²) in [6, 6.07) is 17.6. The molecule has 0 radical (unpaired) electrons. The van der Waals surface area contributed by atoms with E-state index in [0.717, 1.165) is 29.3 Å². The Morgan fingerprint density at radius 3 is 2.64 bits per heavy atom. The molecule has 140 valence electrons. The number of Topliss-reactive ketones (excluding diaryl/α,β-unsaturated/α-hetero) is 1. The van der Waals surface area contributed by atoms with Crippen LogP contribution >= 0.6 is 11.8 Å². The minimum atomic E-state index is -0.492. The number of nitrogens with zero attached hydrogens (tertiary/aromatic N) is 2. The molecule has 1 fully saturated rings. The molecule has 4 aromatic rings. The minimum Gasteiger partial charge on any atom is -0.360 e. The fraction of sp³-hybridized carbons (Fsp3) is 0.190. The van der Waals surface area contributed by atoms with Crippen LogP contribution in [0.2, 0.25) is 0 Å². The smallest absolute Gasteiger partial charge is 0.344 e. The standard InChI is InChI=1S/C21H18N4O2S/c26-18(16-12-22-17-9-5-4-8-15(16)17)19(13-6-2-1-3-7-13)28-21-24-23-20(27)25(21)14-10-11-14/h1-9,12,14,19,22H,10-11H2,(H,23,27)/t19-/m0/s1. The number of carbonyl (C=O) groups is 1. The predicted octanol–water partition coefficient (Wildman–Crippen LogP) is 4.10. The van der Waals surface area contributed by atoms with Crippen LogP contribution in [0.4, 0.5) is 0 Å². The molecule has 1 aliphatic rings. The second-order valence-electron chi connectivity index (χ2n) is 6.93. The molecule has 0 saturated heterocycles. The first-order valence-corrected chi connectivity index (χ1v) is 10.1. The van der Waals surface area contributed by atoms with Crippen molar-refractivity contribution in [3.8, 4) is 0 Å². The molecule has 1 atom stereocenters. The Morgan fingerprint density at radius 2 is 1.86 bits per heavy atom. The number of H-pyrrole nitrogens is 2. The first-order valence-electron chi connectivity index (χ1n) is 9.21. The zero-order valence-corrected chi connectivity index (χ0v) is 15.8. The number of rotatable bonds is 6. The third-order valence-corrected chi connectivity index (χ3v) is 6.22. The van der Waals surface area contributed by atoms with Gasteiger partial charge >= 0.3 is 5.69 Å². The summed E-state index contributed by atoms with van der Waals surface area (Å²) in [6.07, 6.45) is 3.71. The second kappa shape index (κ2) is 6.83. The van der Waals surface area contributed by atoms with E-state index in [-0.39, 0.29) is 17.5 Å². The monoisotopic (exact) mass is 390 g/mol. The van der Waals surface area contributed by atoms with Crippen molar-refractivity contribution >= 4 is 28.4 Å². The molecule has 0 unspecified atom stereocenters. The van der Waals surface area contributed by atoms with Gasteiger partial charge in [-0.05, 0) is 24.5 Å². The SMILES string of the molecule is O=C(c1c[nH]c2ccccc12)[C@@H](Sc1n[nH]c(=O)n1C1CC1)c1ccccc1. The quantitative estimate of drug-likeness (QED) is 0.383. The second-order valence-corrected chi connectivity index (χ2v) is 8.01. The Labute approximate surface area is 165 Å². The number of carbonyl (C=O) groups excluding carboxylic acids is 1. The summed E-state index contributed by atoms with van der Waals surface area (Å²) >= 11 is 1.33. The molecule has 0 spiro atoms. The van der Waals surface area contributed by atoms with E-state index in [1.165, 1.54) is 11.8 Å². The van der Waals surface area contributed by atoms with Crippen molar-refractivity contribution in [2.24, 2.45) is 0 Å². The van der Waals surface area contributed by atoms with Crippen LogP contribution < -0.4 is 5.69 Å². The van der Waals surface area contributed by atoms with Gasteiger partial charge in [0.05, 0.1) is 0 Å². The normalized spacial score (nSPS) is 15.0. The summed E-state index contributed by atoms with van der Waals surface area (Å²) in [6.45, 7) is 0. The van der Waals surface area contributed by atoms with Gasteiger partial charge in [-0.3, -0.25) is 9.36 Å².